The van der Waals surface area contributed by atoms with E-state index in [-0.39, 0.29) is 12.2 Å². The average Bonchev–Trinajstić information content (AvgIpc) is 3.04. The van der Waals surface area contributed by atoms with Crippen molar-refractivity contribution in [2.75, 3.05) is 6.61 Å². The third-order valence-electron chi connectivity index (χ3n) is 4.17. The van der Waals surface area contributed by atoms with Crippen LogP contribution in [0.5, 0.6) is 5.75 Å². The predicted molar refractivity (Wildman–Crippen MR) is 95.2 cm³/mol. The van der Waals surface area contributed by atoms with Crippen LogP contribution in [0.1, 0.15) is 35.2 Å². The number of H-pyrrole nitrogens is 1. The number of Topliss-reactive ketones (excluding diaryl/α,β-unsaturated/α-hetero) is 1. The van der Waals surface area contributed by atoms with Crippen molar-refractivity contribution < 1.29 is 19.4 Å². The molecule has 128 valence electrons. The van der Waals surface area contributed by atoms with Crippen LogP contribution in [0, 0.1) is 0 Å². The van der Waals surface area contributed by atoms with Crippen LogP contribution in [-0.4, -0.2) is 28.4 Å². The number of aliphatic carboxylic acids is 1. The summed E-state index contributed by atoms with van der Waals surface area (Å²) in [6.07, 6.45) is 1.58. The summed E-state index contributed by atoms with van der Waals surface area (Å²) >= 11 is 0. The van der Waals surface area contributed by atoms with Gasteiger partial charge >= 0.3 is 5.97 Å². The lowest BCUT2D eigenvalue weighted by Gasteiger charge is -2.11. The van der Waals surface area contributed by atoms with E-state index in [9.17, 15) is 14.7 Å². The first-order valence-electron chi connectivity index (χ1n) is 8.15. The van der Waals surface area contributed by atoms with Gasteiger partial charge in [-0.05, 0) is 42.8 Å². The second-order valence-corrected chi connectivity index (χ2v) is 5.77. The summed E-state index contributed by atoms with van der Waals surface area (Å²) < 4.78 is 5.36. The van der Waals surface area contributed by atoms with Gasteiger partial charge in [0.15, 0.2) is 5.78 Å². The first-order chi connectivity index (χ1) is 12.1. The van der Waals surface area contributed by atoms with E-state index in [4.69, 9.17) is 4.74 Å². The van der Waals surface area contributed by atoms with Crippen molar-refractivity contribution in [1.82, 2.24) is 4.98 Å². The molecule has 0 bridgehead atoms. The number of hydrogen-bond donors (Lipinski definition) is 2. The Bertz CT molecular complexity index is 895. The van der Waals surface area contributed by atoms with Crippen LogP contribution in [0.2, 0.25) is 0 Å². The minimum absolute atomic E-state index is 0.0921. The molecule has 1 aromatic heterocycles. The van der Waals surface area contributed by atoms with Gasteiger partial charge in [-0.15, -0.1) is 0 Å². The number of aromatic nitrogens is 1. The second-order valence-electron chi connectivity index (χ2n) is 5.77. The van der Waals surface area contributed by atoms with E-state index >= 15 is 0 Å². The fourth-order valence-electron chi connectivity index (χ4n) is 2.92. The van der Waals surface area contributed by atoms with Gasteiger partial charge in [-0.25, -0.2) is 0 Å². The van der Waals surface area contributed by atoms with Crippen LogP contribution in [0.3, 0.4) is 0 Å². The predicted octanol–water partition coefficient (Wildman–Crippen LogP) is 4.01. The Kier molecular flexibility index (Phi) is 4.84. The van der Waals surface area contributed by atoms with Gasteiger partial charge < -0.3 is 14.8 Å². The van der Waals surface area contributed by atoms with Crippen LogP contribution in [0.4, 0.5) is 0 Å². The summed E-state index contributed by atoms with van der Waals surface area (Å²) in [6.45, 7) is 2.44. The maximum Gasteiger partial charge on any atom is 0.311 e. The van der Waals surface area contributed by atoms with Crippen molar-refractivity contribution in [3.63, 3.8) is 0 Å². The molecule has 0 aliphatic heterocycles. The number of carbonyl (C=O) groups excluding carboxylic acids is 1. The van der Waals surface area contributed by atoms with Crippen LogP contribution in [-0.2, 0) is 4.79 Å². The lowest BCUT2D eigenvalue weighted by atomic mass is 9.91. The van der Waals surface area contributed by atoms with E-state index in [0.717, 1.165) is 10.9 Å². The Morgan fingerprint density at radius 2 is 1.84 bits per heavy atom. The minimum atomic E-state index is -1.01. The maximum atomic E-state index is 12.5. The van der Waals surface area contributed by atoms with Crippen molar-refractivity contribution in [1.29, 1.82) is 0 Å². The molecule has 1 heterocycles. The van der Waals surface area contributed by atoms with Crippen LogP contribution in [0.15, 0.2) is 54.7 Å². The molecule has 0 unspecified atom stereocenters. The van der Waals surface area contributed by atoms with E-state index in [1.54, 1.807) is 30.5 Å². The van der Waals surface area contributed by atoms with Gasteiger partial charge in [-0.1, -0.05) is 18.2 Å². The van der Waals surface area contributed by atoms with Gasteiger partial charge in [0.1, 0.15) is 5.75 Å². The van der Waals surface area contributed by atoms with E-state index in [1.165, 1.54) is 0 Å². The Morgan fingerprint density at radius 3 is 2.52 bits per heavy atom. The highest BCUT2D eigenvalue weighted by molar-refractivity contribution is 6.00. The molecule has 0 saturated heterocycles. The summed E-state index contributed by atoms with van der Waals surface area (Å²) in [7, 11) is 0. The molecule has 0 radical (unpaired) electrons. The molecule has 3 aromatic rings. The highest BCUT2D eigenvalue weighted by Gasteiger charge is 2.26. The molecule has 3 rings (SSSR count). The number of benzene rings is 2. The summed E-state index contributed by atoms with van der Waals surface area (Å²) in [6, 6.07) is 14.3. The van der Waals surface area contributed by atoms with Gasteiger partial charge in [-0.2, -0.15) is 0 Å². The number of carbonyl (C=O) groups is 2. The van der Waals surface area contributed by atoms with E-state index in [1.807, 2.05) is 31.2 Å². The Morgan fingerprint density at radius 1 is 1.12 bits per heavy atom. The Balaban J connectivity index is 1.84. The standard InChI is InChI=1S/C20H19NO4/c1-2-25-14-9-7-13(8-10-14)19(22)11-16(20(23)24)17-12-21-18-6-4-3-5-15(17)18/h3-10,12,16,21H,2,11H2,1H3,(H,23,24)/t16-/m0/s1. The van der Waals surface area contributed by atoms with E-state index < -0.39 is 11.9 Å². The van der Waals surface area contributed by atoms with Crippen molar-refractivity contribution in [2.45, 2.75) is 19.3 Å². The van der Waals surface area contributed by atoms with Gasteiger partial charge in [-0.3, -0.25) is 9.59 Å². The zero-order valence-corrected chi connectivity index (χ0v) is 13.9. The number of hydrogen-bond acceptors (Lipinski definition) is 3. The summed E-state index contributed by atoms with van der Waals surface area (Å²) in [5, 5.41) is 10.5. The van der Waals surface area contributed by atoms with Crippen molar-refractivity contribution in [3.05, 3.63) is 65.9 Å². The van der Waals surface area contributed by atoms with Gasteiger partial charge in [0.2, 0.25) is 0 Å². The van der Waals surface area contributed by atoms with Crippen LogP contribution < -0.4 is 4.74 Å². The third-order valence-corrected chi connectivity index (χ3v) is 4.17. The number of ketones is 1. The molecule has 25 heavy (non-hydrogen) atoms. The first-order valence-corrected chi connectivity index (χ1v) is 8.15. The smallest absolute Gasteiger partial charge is 0.311 e. The SMILES string of the molecule is CCOc1ccc(C(=O)C[C@H](C(=O)O)c2c[nH]c3ccccc23)cc1. The molecule has 0 spiro atoms. The molecular formula is C20H19NO4. The zero-order valence-electron chi connectivity index (χ0n) is 13.9. The molecule has 0 saturated carbocycles. The molecule has 5 heteroatoms. The number of nitrogens with one attached hydrogen (secondary N) is 1. The lowest BCUT2D eigenvalue weighted by molar-refractivity contribution is -0.138. The first kappa shape index (κ1) is 16.8. The van der Waals surface area contributed by atoms with Crippen LogP contribution >= 0.6 is 0 Å². The summed E-state index contributed by atoms with van der Waals surface area (Å²) in [5.41, 5.74) is 1.97. The number of carboxylic acids is 1. The summed E-state index contributed by atoms with van der Waals surface area (Å²) in [4.78, 5) is 27.4. The Labute approximate surface area is 145 Å². The average molecular weight is 337 g/mol. The number of carboxylic acid groups (broad SMARTS) is 1. The van der Waals surface area contributed by atoms with Gasteiger partial charge in [0.25, 0.3) is 0 Å². The molecule has 2 aromatic carbocycles. The highest BCUT2D eigenvalue weighted by atomic mass is 16.5. The molecule has 5 nitrogen and oxygen atoms in total. The lowest BCUT2D eigenvalue weighted by Crippen LogP contribution is -2.16. The maximum absolute atomic E-state index is 12.5. The fraction of sp³-hybridized carbons (Fsp3) is 0.200. The van der Waals surface area contributed by atoms with Crippen LogP contribution in [0.25, 0.3) is 10.9 Å². The fourth-order valence-corrected chi connectivity index (χ4v) is 2.92. The van der Waals surface area contributed by atoms with Crippen molar-refractivity contribution in [2.24, 2.45) is 0 Å². The normalized spacial score (nSPS) is 12.0. The third kappa shape index (κ3) is 3.55. The number of para-hydroxylation sites is 1. The topological polar surface area (TPSA) is 79.4 Å². The van der Waals surface area contributed by atoms with E-state index in [2.05, 4.69) is 4.98 Å². The number of rotatable bonds is 7. The van der Waals surface area contributed by atoms with E-state index in [0.29, 0.717) is 23.5 Å². The molecule has 0 fully saturated rings. The molecular weight excluding hydrogens is 318 g/mol. The van der Waals surface area contributed by atoms with Crippen molar-refractivity contribution >= 4 is 22.7 Å². The van der Waals surface area contributed by atoms with Gasteiger partial charge in [0, 0.05) is 29.1 Å². The molecule has 2 N–H and O–H groups in total. The molecule has 0 aliphatic rings. The molecule has 0 aliphatic carbocycles. The zero-order chi connectivity index (χ0) is 17.8. The quantitative estimate of drug-likeness (QED) is 0.639. The number of fused-ring (bicyclic) bond motifs is 1. The number of ether oxygens (including phenoxy) is 1. The Hall–Kier alpha value is -3.08. The largest absolute Gasteiger partial charge is 0.494 e. The molecule has 0 amide bonds. The van der Waals surface area contributed by atoms with Crippen molar-refractivity contribution in [3.8, 4) is 5.75 Å². The minimum Gasteiger partial charge on any atom is -0.494 e. The van der Waals surface area contributed by atoms with Gasteiger partial charge in [0.05, 0.1) is 12.5 Å². The summed E-state index contributed by atoms with van der Waals surface area (Å²) in [5.74, 6) is -1.43. The second kappa shape index (κ2) is 7.21. The number of aromatic amines is 1. The molecule has 1 atom stereocenters. The highest BCUT2D eigenvalue weighted by Crippen LogP contribution is 2.29. The monoisotopic (exact) mass is 337 g/mol.